The molecular weight excluding hydrogens is 452 g/mol. The first-order valence-corrected chi connectivity index (χ1v) is 13.3. The normalized spacial score (nSPS) is 11.8. The van der Waals surface area contributed by atoms with E-state index in [9.17, 15) is 9.59 Å². The van der Waals surface area contributed by atoms with Gasteiger partial charge in [0.15, 0.2) is 0 Å². The molecule has 4 nitrogen and oxygen atoms in total. The minimum Gasteiger partial charge on any atom is -0.352 e. The van der Waals surface area contributed by atoms with Gasteiger partial charge in [-0.3, -0.25) is 9.59 Å². The lowest BCUT2D eigenvalue weighted by Crippen LogP contribution is -2.52. The van der Waals surface area contributed by atoms with Crippen molar-refractivity contribution < 1.29 is 9.59 Å². The molecule has 0 saturated carbocycles. The van der Waals surface area contributed by atoms with Crippen LogP contribution in [0.3, 0.4) is 0 Å². The zero-order valence-corrected chi connectivity index (χ0v) is 22.0. The molecule has 1 atom stereocenters. The molecule has 3 aromatic carbocycles. The molecule has 3 aromatic rings. The second-order valence-corrected chi connectivity index (χ2v) is 10.3. The van der Waals surface area contributed by atoms with Crippen LogP contribution in [0, 0.1) is 13.8 Å². The Hall–Kier alpha value is -3.05. The maximum atomic E-state index is 13.6. The first kappa shape index (κ1) is 26.6. The molecule has 0 aliphatic heterocycles. The summed E-state index contributed by atoms with van der Waals surface area (Å²) in [5.41, 5.74) is 5.61. The number of thioether (sulfide) groups is 1. The molecule has 0 saturated heterocycles. The van der Waals surface area contributed by atoms with Gasteiger partial charge in [0.2, 0.25) is 11.8 Å². The fourth-order valence-corrected chi connectivity index (χ4v) is 4.84. The second-order valence-electron chi connectivity index (χ2n) is 9.36. The summed E-state index contributed by atoms with van der Waals surface area (Å²) in [5, 5.41) is 3.04. The number of carbonyl (C=O) groups is 2. The van der Waals surface area contributed by atoms with Crippen LogP contribution >= 0.6 is 11.8 Å². The van der Waals surface area contributed by atoms with Crippen molar-refractivity contribution in [3.8, 4) is 0 Å². The van der Waals surface area contributed by atoms with Crippen LogP contribution < -0.4 is 5.32 Å². The molecule has 184 valence electrons. The number of benzene rings is 3. The quantitative estimate of drug-likeness (QED) is 0.377. The molecule has 0 aromatic heterocycles. The highest BCUT2D eigenvalue weighted by atomic mass is 32.2. The summed E-state index contributed by atoms with van der Waals surface area (Å²) < 4.78 is 0. The van der Waals surface area contributed by atoms with Crippen LogP contribution in [-0.4, -0.2) is 34.6 Å². The number of aryl methyl sites for hydroxylation is 2. The van der Waals surface area contributed by atoms with Crippen molar-refractivity contribution in [2.75, 3.05) is 5.75 Å². The first-order valence-electron chi connectivity index (χ1n) is 12.1. The van der Waals surface area contributed by atoms with Gasteiger partial charge in [0.25, 0.3) is 0 Å². The van der Waals surface area contributed by atoms with E-state index in [1.54, 1.807) is 16.7 Å². The van der Waals surface area contributed by atoms with E-state index in [0.717, 1.165) is 22.4 Å². The first-order chi connectivity index (χ1) is 16.8. The van der Waals surface area contributed by atoms with E-state index in [1.807, 2.05) is 69.3 Å². The fourth-order valence-electron chi connectivity index (χ4n) is 3.97. The summed E-state index contributed by atoms with van der Waals surface area (Å²) in [7, 11) is 0. The van der Waals surface area contributed by atoms with Crippen molar-refractivity contribution in [3.05, 3.63) is 107 Å². The van der Waals surface area contributed by atoms with Crippen LogP contribution in [0.1, 0.15) is 41.7 Å². The van der Waals surface area contributed by atoms with E-state index in [2.05, 4.69) is 42.6 Å². The topological polar surface area (TPSA) is 49.4 Å². The van der Waals surface area contributed by atoms with E-state index in [1.165, 1.54) is 11.1 Å². The molecule has 35 heavy (non-hydrogen) atoms. The lowest BCUT2D eigenvalue weighted by Gasteiger charge is -2.32. The summed E-state index contributed by atoms with van der Waals surface area (Å²) in [5.74, 6) is 0.933. The van der Waals surface area contributed by atoms with Gasteiger partial charge in [-0.15, -0.1) is 11.8 Å². The summed E-state index contributed by atoms with van der Waals surface area (Å²) in [6.45, 7) is 8.40. The number of nitrogens with zero attached hydrogens (tertiary/aromatic N) is 1. The average molecular weight is 489 g/mol. The van der Waals surface area contributed by atoms with Crippen LogP contribution in [0.4, 0.5) is 0 Å². The van der Waals surface area contributed by atoms with Gasteiger partial charge < -0.3 is 10.2 Å². The van der Waals surface area contributed by atoms with Gasteiger partial charge in [0.1, 0.15) is 6.04 Å². The number of carbonyl (C=O) groups excluding carboxylic acids is 2. The molecule has 0 heterocycles. The molecule has 0 radical (unpaired) electrons. The maximum absolute atomic E-state index is 13.6. The molecule has 0 aliphatic carbocycles. The Bertz CT molecular complexity index is 1100. The van der Waals surface area contributed by atoms with E-state index in [-0.39, 0.29) is 17.9 Å². The molecule has 5 heteroatoms. The lowest BCUT2D eigenvalue weighted by molar-refractivity contribution is -0.139. The highest BCUT2D eigenvalue weighted by molar-refractivity contribution is 7.99. The highest BCUT2D eigenvalue weighted by Crippen LogP contribution is 2.19. The SMILES string of the molecule is Cc1ccc(CSCC(=O)N(Cc2cccc(C)c2)[C@@H](Cc2ccccc2)C(=O)NC(C)C)cc1. The van der Waals surface area contributed by atoms with Crippen LogP contribution in [0.25, 0.3) is 0 Å². The van der Waals surface area contributed by atoms with Crippen molar-refractivity contribution in [2.24, 2.45) is 0 Å². The van der Waals surface area contributed by atoms with Crippen LogP contribution in [-0.2, 0) is 28.3 Å². The van der Waals surface area contributed by atoms with Crippen LogP contribution in [0.2, 0.25) is 0 Å². The van der Waals surface area contributed by atoms with Crippen molar-refractivity contribution >= 4 is 23.6 Å². The maximum Gasteiger partial charge on any atom is 0.243 e. The minimum atomic E-state index is -0.590. The standard InChI is InChI=1S/C30H36N2O2S/c1-22(2)31-30(34)28(18-25-10-6-5-7-11-25)32(19-27-12-8-9-24(4)17-27)29(33)21-35-20-26-15-13-23(3)14-16-26/h5-17,22,28H,18-21H2,1-4H3,(H,31,34)/t28-/m0/s1. The van der Waals surface area contributed by atoms with Gasteiger partial charge in [-0.05, 0) is 44.4 Å². The van der Waals surface area contributed by atoms with Crippen molar-refractivity contribution in [1.82, 2.24) is 10.2 Å². The Labute approximate surface area is 214 Å². The van der Waals surface area contributed by atoms with E-state index in [0.29, 0.717) is 18.7 Å². The van der Waals surface area contributed by atoms with Gasteiger partial charge in [-0.2, -0.15) is 0 Å². The highest BCUT2D eigenvalue weighted by Gasteiger charge is 2.30. The third kappa shape index (κ3) is 8.59. The van der Waals surface area contributed by atoms with Crippen molar-refractivity contribution in [2.45, 2.75) is 58.5 Å². The smallest absolute Gasteiger partial charge is 0.243 e. The van der Waals surface area contributed by atoms with Crippen molar-refractivity contribution in [1.29, 1.82) is 0 Å². The summed E-state index contributed by atoms with van der Waals surface area (Å²) in [6.07, 6.45) is 0.472. The van der Waals surface area contributed by atoms with Gasteiger partial charge in [0, 0.05) is 24.8 Å². The molecule has 0 spiro atoms. The third-order valence-corrected chi connectivity index (χ3v) is 6.74. The largest absolute Gasteiger partial charge is 0.352 e. The molecular formula is C30H36N2O2S. The fraction of sp³-hybridized carbons (Fsp3) is 0.333. The van der Waals surface area contributed by atoms with Gasteiger partial charge in [0.05, 0.1) is 5.75 Å². The number of nitrogens with one attached hydrogen (secondary N) is 1. The number of amides is 2. The van der Waals surface area contributed by atoms with Gasteiger partial charge >= 0.3 is 0 Å². The van der Waals surface area contributed by atoms with Crippen LogP contribution in [0.5, 0.6) is 0 Å². The lowest BCUT2D eigenvalue weighted by atomic mass is 10.0. The Morgan fingerprint density at radius 1 is 0.829 bits per heavy atom. The zero-order valence-electron chi connectivity index (χ0n) is 21.2. The Kier molecular flexibility index (Phi) is 9.98. The Morgan fingerprint density at radius 2 is 1.51 bits per heavy atom. The minimum absolute atomic E-state index is 0.00684. The molecule has 1 N–H and O–H groups in total. The molecule has 0 fully saturated rings. The summed E-state index contributed by atoms with van der Waals surface area (Å²) in [6, 6.07) is 25.9. The Balaban J connectivity index is 1.84. The van der Waals surface area contributed by atoms with E-state index < -0.39 is 6.04 Å². The monoisotopic (exact) mass is 488 g/mol. The predicted octanol–water partition coefficient (Wildman–Crippen LogP) is 5.70. The number of rotatable bonds is 11. The zero-order chi connectivity index (χ0) is 25.2. The summed E-state index contributed by atoms with van der Waals surface area (Å²) in [4.78, 5) is 28.8. The van der Waals surface area contributed by atoms with Crippen molar-refractivity contribution in [3.63, 3.8) is 0 Å². The van der Waals surface area contributed by atoms with Crippen LogP contribution in [0.15, 0.2) is 78.9 Å². The predicted molar refractivity (Wildman–Crippen MR) is 146 cm³/mol. The van der Waals surface area contributed by atoms with Gasteiger partial charge in [-0.25, -0.2) is 0 Å². The molecule has 0 aliphatic rings. The van der Waals surface area contributed by atoms with E-state index >= 15 is 0 Å². The molecule has 0 bridgehead atoms. The summed E-state index contributed by atoms with van der Waals surface area (Å²) >= 11 is 1.59. The molecule has 2 amide bonds. The number of hydrogen-bond acceptors (Lipinski definition) is 3. The second kappa shape index (κ2) is 13.1. The van der Waals surface area contributed by atoms with Gasteiger partial charge in [-0.1, -0.05) is 90.0 Å². The third-order valence-electron chi connectivity index (χ3n) is 5.75. The molecule has 0 unspecified atom stereocenters. The number of hydrogen-bond donors (Lipinski definition) is 1. The molecule has 3 rings (SSSR count). The Morgan fingerprint density at radius 3 is 2.17 bits per heavy atom. The average Bonchev–Trinajstić information content (AvgIpc) is 2.82. The van der Waals surface area contributed by atoms with E-state index in [4.69, 9.17) is 0 Å².